The fraction of sp³-hybridized carbons (Fsp3) is 0.364. The number of nitro groups is 1. The highest BCUT2D eigenvalue weighted by molar-refractivity contribution is 5.99. The summed E-state index contributed by atoms with van der Waals surface area (Å²) in [5.41, 5.74) is 0.932. The summed E-state index contributed by atoms with van der Waals surface area (Å²) in [6, 6.07) is 1.65. The summed E-state index contributed by atoms with van der Waals surface area (Å²) in [4.78, 5) is 23.6. The number of carbonyl (C=O) groups is 1. The second-order valence-electron chi connectivity index (χ2n) is 4.44. The van der Waals surface area contributed by atoms with Gasteiger partial charge in [-0.15, -0.1) is 0 Å². The molecule has 9 heteroatoms. The number of aliphatic hydroxyl groups excluding tert-OH is 1. The molecule has 0 aromatic heterocycles. The van der Waals surface area contributed by atoms with Crippen molar-refractivity contribution in [2.75, 3.05) is 18.5 Å². The number of likely N-dealkylation sites (tertiary alicyclic amines) is 1. The van der Waals surface area contributed by atoms with Gasteiger partial charge in [0.1, 0.15) is 5.56 Å². The van der Waals surface area contributed by atoms with Crippen LogP contribution in [0.2, 0.25) is 0 Å². The molecule has 1 aromatic carbocycles. The molecular weight excluding hydrogens is 271 g/mol. The second kappa shape index (κ2) is 5.39. The summed E-state index contributed by atoms with van der Waals surface area (Å²) in [5, 5.41) is 20.3. The van der Waals surface area contributed by atoms with Crippen LogP contribution in [0, 0.1) is 15.9 Å². The Labute approximate surface area is 113 Å². The number of aliphatic hydroxyl groups is 1. The molecule has 1 aliphatic rings. The Morgan fingerprint density at radius 1 is 1.60 bits per heavy atom. The number of rotatable bonds is 3. The van der Waals surface area contributed by atoms with E-state index in [1.54, 1.807) is 0 Å². The Morgan fingerprint density at radius 2 is 2.30 bits per heavy atom. The van der Waals surface area contributed by atoms with E-state index < -0.39 is 28.4 Å². The van der Waals surface area contributed by atoms with Gasteiger partial charge in [0, 0.05) is 13.1 Å². The number of amides is 1. The molecule has 1 atom stereocenters. The molecule has 0 saturated carbocycles. The van der Waals surface area contributed by atoms with E-state index in [-0.39, 0.29) is 17.8 Å². The van der Waals surface area contributed by atoms with Crippen LogP contribution >= 0.6 is 0 Å². The normalized spacial score (nSPS) is 18.1. The highest BCUT2D eigenvalue weighted by atomic mass is 19.1. The van der Waals surface area contributed by atoms with Gasteiger partial charge < -0.3 is 15.4 Å². The van der Waals surface area contributed by atoms with E-state index in [0.717, 1.165) is 6.07 Å². The van der Waals surface area contributed by atoms with Gasteiger partial charge in [0.25, 0.3) is 11.6 Å². The van der Waals surface area contributed by atoms with E-state index in [0.29, 0.717) is 19.0 Å². The Balaban J connectivity index is 2.43. The molecule has 1 aliphatic heterocycles. The van der Waals surface area contributed by atoms with Gasteiger partial charge in [0.2, 0.25) is 0 Å². The molecule has 2 rings (SSSR count). The molecule has 0 spiro atoms. The number of anilines is 1. The number of hydrogen-bond donors (Lipinski definition) is 3. The highest BCUT2D eigenvalue weighted by Gasteiger charge is 2.31. The monoisotopic (exact) mass is 284 g/mol. The summed E-state index contributed by atoms with van der Waals surface area (Å²) < 4.78 is 13.5. The Morgan fingerprint density at radius 3 is 2.80 bits per heavy atom. The molecule has 1 amide bonds. The molecule has 20 heavy (non-hydrogen) atoms. The standard InChI is InChI=1S/C11H13FN4O4/c12-8-4-10(16(19)20)7(3-9(8)14-13)11(18)15-2-1-6(17)5-15/h3-4,6,14,17H,1-2,5,13H2. The molecule has 0 bridgehead atoms. The number of nitrogen functional groups attached to an aromatic ring is 1. The van der Waals surface area contributed by atoms with Crippen molar-refractivity contribution >= 4 is 17.3 Å². The maximum absolute atomic E-state index is 13.5. The summed E-state index contributed by atoms with van der Waals surface area (Å²) in [7, 11) is 0. The van der Waals surface area contributed by atoms with Gasteiger partial charge in [-0.05, 0) is 12.5 Å². The van der Waals surface area contributed by atoms with Crippen LogP contribution in [0.25, 0.3) is 0 Å². The minimum atomic E-state index is -0.919. The van der Waals surface area contributed by atoms with Crippen molar-refractivity contribution in [1.82, 2.24) is 4.90 Å². The van der Waals surface area contributed by atoms with Crippen molar-refractivity contribution in [2.24, 2.45) is 5.84 Å². The quantitative estimate of drug-likeness (QED) is 0.415. The first-order valence-corrected chi connectivity index (χ1v) is 5.86. The number of hydrogen-bond acceptors (Lipinski definition) is 6. The minimum Gasteiger partial charge on any atom is -0.391 e. The zero-order valence-corrected chi connectivity index (χ0v) is 10.4. The number of β-amino-alcohol motifs (C(OH)–C–C–N with tert-alkyl or cyclic N) is 1. The fourth-order valence-electron chi connectivity index (χ4n) is 2.09. The average Bonchev–Trinajstić information content (AvgIpc) is 2.84. The maximum atomic E-state index is 13.5. The van der Waals surface area contributed by atoms with Gasteiger partial charge in [-0.1, -0.05) is 0 Å². The van der Waals surface area contributed by atoms with Gasteiger partial charge in [-0.2, -0.15) is 0 Å². The molecule has 4 N–H and O–H groups in total. The van der Waals surface area contributed by atoms with E-state index in [4.69, 9.17) is 5.84 Å². The Bertz CT molecular complexity index is 566. The van der Waals surface area contributed by atoms with Crippen molar-refractivity contribution in [3.63, 3.8) is 0 Å². The van der Waals surface area contributed by atoms with Crippen LogP contribution in [0.5, 0.6) is 0 Å². The van der Waals surface area contributed by atoms with Crippen LogP contribution in [0.4, 0.5) is 15.8 Å². The van der Waals surface area contributed by atoms with E-state index >= 15 is 0 Å². The van der Waals surface area contributed by atoms with Crippen LogP contribution < -0.4 is 11.3 Å². The summed E-state index contributed by atoms with van der Waals surface area (Å²) in [5.74, 6) is 3.54. The van der Waals surface area contributed by atoms with Crippen molar-refractivity contribution < 1.29 is 19.2 Å². The smallest absolute Gasteiger partial charge is 0.285 e. The van der Waals surface area contributed by atoms with E-state index in [2.05, 4.69) is 0 Å². The Hall–Kier alpha value is -2.26. The largest absolute Gasteiger partial charge is 0.391 e. The van der Waals surface area contributed by atoms with E-state index in [1.807, 2.05) is 5.43 Å². The summed E-state index contributed by atoms with van der Waals surface area (Å²) in [6.07, 6.45) is -0.242. The average molecular weight is 284 g/mol. The maximum Gasteiger partial charge on any atom is 0.285 e. The van der Waals surface area contributed by atoms with Crippen molar-refractivity contribution in [2.45, 2.75) is 12.5 Å². The molecule has 8 nitrogen and oxygen atoms in total. The van der Waals surface area contributed by atoms with E-state index in [1.165, 1.54) is 4.90 Å². The zero-order valence-electron chi connectivity index (χ0n) is 10.4. The van der Waals surface area contributed by atoms with Crippen LogP contribution in [0.15, 0.2) is 12.1 Å². The predicted octanol–water partition coefficient (Wildman–Crippen LogP) is 0.226. The first-order valence-electron chi connectivity index (χ1n) is 5.86. The minimum absolute atomic E-state index is 0.0960. The second-order valence-corrected chi connectivity index (χ2v) is 4.44. The van der Waals surface area contributed by atoms with Gasteiger partial charge in [-0.3, -0.25) is 20.8 Å². The molecule has 108 valence electrons. The number of nitrogens with two attached hydrogens (primary N) is 1. The third kappa shape index (κ3) is 2.53. The van der Waals surface area contributed by atoms with Crippen molar-refractivity contribution in [1.29, 1.82) is 0 Å². The molecule has 1 saturated heterocycles. The number of halogens is 1. The van der Waals surface area contributed by atoms with Crippen molar-refractivity contribution in [3.05, 3.63) is 33.6 Å². The number of nitrogens with one attached hydrogen (secondary N) is 1. The molecule has 0 radical (unpaired) electrons. The van der Waals surface area contributed by atoms with Crippen molar-refractivity contribution in [3.8, 4) is 0 Å². The molecule has 1 fully saturated rings. The fourth-order valence-corrected chi connectivity index (χ4v) is 2.09. The van der Waals surface area contributed by atoms with Crippen LogP contribution in [0.1, 0.15) is 16.8 Å². The third-order valence-electron chi connectivity index (χ3n) is 3.12. The number of hydrazine groups is 1. The predicted molar refractivity (Wildman–Crippen MR) is 67.4 cm³/mol. The first-order chi connectivity index (χ1) is 9.43. The zero-order chi connectivity index (χ0) is 14.9. The number of nitrogens with zero attached hydrogens (tertiary/aromatic N) is 2. The highest BCUT2D eigenvalue weighted by Crippen LogP contribution is 2.27. The van der Waals surface area contributed by atoms with Gasteiger partial charge >= 0.3 is 0 Å². The number of carbonyl (C=O) groups excluding carboxylic acids is 1. The Kier molecular flexibility index (Phi) is 3.81. The summed E-state index contributed by atoms with van der Waals surface area (Å²) in [6.45, 7) is 0.388. The van der Waals surface area contributed by atoms with E-state index in [9.17, 15) is 24.4 Å². The van der Waals surface area contributed by atoms with Gasteiger partial charge in [0.05, 0.1) is 22.8 Å². The molecule has 1 heterocycles. The lowest BCUT2D eigenvalue weighted by Gasteiger charge is -2.16. The number of benzene rings is 1. The number of nitro benzene ring substituents is 1. The summed E-state index contributed by atoms with van der Waals surface area (Å²) >= 11 is 0. The lowest BCUT2D eigenvalue weighted by atomic mass is 10.1. The van der Waals surface area contributed by atoms with Gasteiger partial charge in [0.15, 0.2) is 5.82 Å². The molecule has 0 aliphatic carbocycles. The lowest BCUT2D eigenvalue weighted by molar-refractivity contribution is -0.385. The molecule has 1 unspecified atom stereocenters. The third-order valence-corrected chi connectivity index (χ3v) is 3.12. The molecule has 1 aromatic rings. The van der Waals surface area contributed by atoms with Gasteiger partial charge in [-0.25, -0.2) is 4.39 Å². The van der Waals surface area contributed by atoms with Crippen LogP contribution in [0.3, 0.4) is 0 Å². The molecular formula is C11H13FN4O4. The van der Waals surface area contributed by atoms with Crippen LogP contribution in [-0.4, -0.2) is 40.0 Å². The lowest BCUT2D eigenvalue weighted by Crippen LogP contribution is -2.30. The van der Waals surface area contributed by atoms with Crippen LogP contribution in [-0.2, 0) is 0 Å². The first kappa shape index (κ1) is 14.2. The topological polar surface area (TPSA) is 122 Å². The SMILES string of the molecule is NNc1cc(C(=O)N2CCC(O)C2)c([N+](=O)[O-])cc1F.